The zero-order chi connectivity index (χ0) is 17.4. The van der Waals surface area contributed by atoms with Crippen molar-refractivity contribution in [3.8, 4) is 11.5 Å². The molecule has 1 aromatic rings. The van der Waals surface area contributed by atoms with Gasteiger partial charge < -0.3 is 20.1 Å². The smallest absolute Gasteiger partial charge is 0.191 e. The normalized spacial score (nSPS) is 17.6. The summed E-state index contributed by atoms with van der Waals surface area (Å²) in [4.78, 5) is 6.69. The Bertz CT molecular complexity index is 538. The van der Waals surface area contributed by atoms with E-state index in [4.69, 9.17) is 9.47 Å². The van der Waals surface area contributed by atoms with Gasteiger partial charge in [-0.25, -0.2) is 0 Å². The topological polar surface area (TPSA) is 58.1 Å². The van der Waals surface area contributed by atoms with Gasteiger partial charge in [0.25, 0.3) is 0 Å². The molecule has 142 valence electrons. The molecule has 2 atom stereocenters. The van der Waals surface area contributed by atoms with E-state index in [2.05, 4.69) is 41.3 Å². The molecule has 25 heavy (non-hydrogen) atoms. The number of hydrogen-bond donors (Lipinski definition) is 2. The minimum atomic E-state index is -0.0290. The number of nitrogens with zero attached hydrogens (tertiary/aromatic N) is 2. The maximum Gasteiger partial charge on any atom is 0.191 e. The van der Waals surface area contributed by atoms with Crippen LogP contribution < -0.4 is 20.1 Å². The van der Waals surface area contributed by atoms with Crippen LogP contribution in [-0.4, -0.2) is 62.8 Å². The van der Waals surface area contributed by atoms with Crippen LogP contribution in [0, 0.1) is 0 Å². The van der Waals surface area contributed by atoms with E-state index in [1.54, 1.807) is 7.05 Å². The molecule has 0 saturated heterocycles. The average Bonchev–Trinajstić information content (AvgIpc) is 2.62. The van der Waals surface area contributed by atoms with Crippen LogP contribution in [-0.2, 0) is 0 Å². The SMILES string of the molecule is CCN(CC)C(C)CNC(=NC)NCC1COc2ccccc2O1.I. The third-order valence-corrected chi connectivity index (χ3v) is 4.29. The third-order valence-electron chi connectivity index (χ3n) is 4.29. The Morgan fingerprint density at radius 3 is 2.56 bits per heavy atom. The molecular formula is C18H31IN4O2. The average molecular weight is 462 g/mol. The van der Waals surface area contributed by atoms with Crippen LogP contribution in [0.4, 0.5) is 0 Å². The summed E-state index contributed by atoms with van der Waals surface area (Å²) < 4.78 is 11.7. The number of nitrogens with one attached hydrogen (secondary N) is 2. The van der Waals surface area contributed by atoms with Crippen LogP contribution in [0.1, 0.15) is 20.8 Å². The lowest BCUT2D eigenvalue weighted by Gasteiger charge is -2.28. The van der Waals surface area contributed by atoms with E-state index in [0.29, 0.717) is 19.2 Å². The van der Waals surface area contributed by atoms with E-state index < -0.39 is 0 Å². The summed E-state index contributed by atoms with van der Waals surface area (Å²) in [7, 11) is 1.78. The minimum absolute atomic E-state index is 0. The maximum absolute atomic E-state index is 5.95. The molecule has 1 aliphatic heterocycles. The molecule has 0 spiro atoms. The van der Waals surface area contributed by atoms with Gasteiger partial charge in [0.2, 0.25) is 0 Å². The van der Waals surface area contributed by atoms with Gasteiger partial charge in [-0.3, -0.25) is 9.89 Å². The Morgan fingerprint density at radius 2 is 1.92 bits per heavy atom. The van der Waals surface area contributed by atoms with E-state index in [0.717, 1.165) is 37.1 Å². The molecule has 0 aliphatic carbocycles. The second kappa shape index (κ2) is 11.4. The highest BCUT2D eigenvalue weighted by Gasteiger charge is 2.20. The quantitative estimate of drug-likeness (QED) is 0.370. The number of aliphatic imine (C=N–C) groups is 1. The molecule has 1 aromatic carbocycles. The van der Waals surface area contributed by atoms with E-state index in [1.165, 1.54) is 0 Å². The van der Waals surface area contributed by atoms with Gasteiger partial charge in [-0.2, -0.15) is 0 Å². The van der Waals surface area contributed by atoms with Crippen LogP contribution in [0.3, 0.4) is 0 Å². The van der Waals surface area contributed by atoms with Gasteiger partial charge in [0.15, 0.2) is 17.5 Å². The van der Waals surface area contributed by atoms with Crippen LogP contribution in [0.5, 0.6) is 11.5 Å². The molecule has 2 rings (SSSR count). The summed E-state index contributed by atoms with van der Waals surface area (Å²) in [6.45, 7) is 10.7. The molecule has 1 heterocycles. The lowest BCUT2D eigenvalue weighted by atomic mass is 10.2. The zero-order valence-electron chi connectivity index (χ0n) is 15.6. The van der Waals surface area contributed by atoms with Crippen molar-refractivity contribution < 1.29 is 9.47 Å². The van der Waals surface area contributed by atoms with E-state index in [1.807, 2.05) is 24.3 Å². The highest BCUT2D eigenvalue weighted by molar-refractivity contribution is 14.0. The Balaban J connectivity index is 0.00000312. The van der Waals surface area contributed by atoms with Crippen molar-refractivity contribution in [3.63, 3.8) is 0 Å². The number of guanidine groups is 1. The van der Waals surface area contributed by atoms with Crippen LogP contribution in [0.2, 0.25) is 0 Å². The molecule has 0 bridgehead atoms. The summed E-state index contributed by atoms with van der Waals surface area (Å²) in [6.07, 6.45) is -0.0290. The van der Waals surface area contributed by atoms with E-state index >= 15 is 0 Å². The summed E-state index contributed by atoms with van der Waals surface area (Å²) >= 11 is 0. The molecule has 0 aromatic heterocycles. The number of para-hydroxylation sites is 2. The number of ether oxygens (including phenoxy) is 2. The van der Waals surface area contributed by atoms with Crippen molar-refractivity contribution in [3.05, 3.63) is 24.3 Å². The Hall–Kier alpha value is -1.22. The van der Waals surface area contributed by atoms with Gasteiger partial charge in [-0.15, -0.1) is 24.0 Å². The summed E-state index contributed by atoms with van der Waals surface area (Å²) in [6, 6.07) is 8.21. The first-order chi connectivity index (χ1) is 11.7. The lowest BCUT2D eigenvalue weighted by Crippen LogP contribution is -2.49. The fourth-order valence-corrected chi connectivity index (χ4v) is 2.82. The second-order valence-corrected chi connectivity index (χ2v) is 5.90. The molecule has 7 heteroatoms. The molecule has 2 N–H and O–H groups in total. The Labute approximate surface area is 168 Å². The number of hydrogen-bond acceptors (Lipinski definition) is 4. The predicted molar refractivity (Wildman–Crippen MR) is 114 cm³/mol. The van der Waals surface area contributed by atoms with Crippen molar-refractivity contribution in [1.82, 2.24) is 15.5 Å². The largest absolute Gasteiger partial charge is 0.486 e. The first kappa shape index (κ1) is 21.8. The number of fused-ring (bicyclic) bond motifs is 1. The minimum Gasteiger partial charge on any atom is -0.486 e. The highest BCUT2D eigenvalue weighted by Crippen LogP contribution is 2.30. The van der Waals surface area contributed by atoms with Crippen LogP contribution >= 0.6 is 24.0 Å². The molecule has 0 amide bonds. The second-order valence-electron chi connectivity index (χ2n) is 5.90. The van der Waals surface area contributed by atoms with Gasteiger partial charge >= 0.3 is 0 Å². The first-order valence-electron chi connectivity index (χ1n) is 8.74. The van der Waals surface area contributed by atoms with Gasteiger partial charge in [0.05, 0.1) is 6.54 Å². The number of rotatable bonds is 7. The Morgan fingerprint density at radius 1 is 1.24 bits per heavy atom. The fraction of sp³-hybridized carbons (Fsp3) is 0.611. The van der Waals surface area contributed by atoms with Crippen molar-refractivity contribution in [2.45, 2.75) is 32.9 Å². The van der Waals surface area contributed by atoms with E-state index in [9.17, 15) is 0 Å². The standard InChI is InChI=1S/C18H30N4O2.HI/c1-5-22(6-2)14(3)11-20-18(19-4)21-12-15-13-23-16-9-7-8-10-17(16)24-15;/h7-10,14-15H,5-6,11-13H2,1-4H3,(H2,19,20,21);1H. The van der Waals surface area contributed by atoms with Crippen LogP contribution in [0.25, 0.3) is 0 Å². The number of likely N-dealkylation sites (N-methyl/N-ethyl adjacent to an activating group) is 1. The molecule has 1 aliphatic rings. The van der Waals surface area contributed by atoms with E-state index in [-0.39, 0.29) is 30.1 Å². The monoisotopic (exact) mass is 462 g/mol. The summed E-state index contributed by atoms with van der Waals surface area (Å²) in [5.74, 6) is 2.40. The molecule has 0 saturated carbocycles. The van der Waals surface area contributed by atoms with Crippen molar-refractivity contribution >= 4 is 29.9 Å². The summed E-state index contributed by atoms with van der Waals surface area (Å²) in [5.41, 5.74) is 0. The third kappa shape index (κ3) is 6.54. The molecule has 6 nitrogen and oxygen atoms in total. The van der Waals surface area contributed by atoms with Gasteiger partial charge in [0.1, 0.15) is 12.7 Å². The Kier molecular flexibility index (Phi) is 9.96. The molecule has 0 fully saturated rings. The van der Waals surface area contributed by atoms with Crippen molar-refractivity contribution in [1.29, 1.82) is 0 Å². The lowest BCUT2D eigenvalue weighted by molar-refractivity contribution is 0.0936. The molecule has 2 unspecified atom stereocenters. The molecule has 0 radical (unpaired) electrons. The number of benzene rings is 1. The first-order valence-corrected chi connectivity index (χ1v) is 8.74. The summed E-state index contributed by atoms with van der Waals surface area (Å²) in [5, 5.41) is 6.69. The zero-order valence-corrected chi connectivity index (χ0v) is 17.9. The van der Waals surface area contributed by atoms with Crippen molar-refractivity contribution in [2.75, 3.05) is 39.8 Å². The molecular weight excluding hydrogens is 431 g/mol. The predicted octanol–water partition coefficient (Wildman–Crippen LogP) is 2.34. The van der Waals surface area contributed by atoms with Crippen LogP contribution in [0.15, 0.2) is 29.3 Å². The van der Waals surface area contributed by atoms with Gasteiger partial charge in [-0.05, 0) is 32.1 Å². The maximum atomic E-state index is 5.95. The van der Waals surface area contributed by atoms with Crippen molar-refractivity contribution in [2.24, 2.45) is 4.99 Å². The number of halogens is 1. The highest BCUT2D eigenvalue weighted by atomic mass is 127. The van der Waals surface area contributed by atoms with Gasteiger partial charge in [0, 0.05) is 19.6 Å². The van der Waals surface area contributed by atoms with Gasteiger partial charge in [-0.1, -0.05) is 26.0 Å². The fourth-order valence-electron chi connectivity index (χ4n) is 2.82.